The zero-order valence-corrected chi connectivity index (χ0v) is 11.7. The summed E-state index contributed by atoms with van der Waals surface area (Å²) < 4.78 is 0. The molecule has 19 heavy (non-hydrogen) atoms. The van der Waals surface area contributed by atoms with Gasteiger partial charge in [0.2, 0.25) is 0 Å². The molecular weight excluding hydrogens is 280 g/mol. The Morgan fingerprint density at radius 1 is 1.37 bits per heavy atom. The second-order valence-electron chi connectivity index (χ2n) is 4.08. The van der Waals surface area contributed by atoms with Gasteiger partial charge in [0, 0.05) is 21.8 Å². The molecular formula is C14H13ClN2OS. The molecule has 0 radical (unpaired) electrons. The summed E-state index contributed by atoms with van der Waals surface area (Å²) in [4.78, 5) is 1.07. The van der Waals surface area contributed by atoms with Crippen LogP contribution in [0.4, 0.5) is 0 Å². The van der Waals surface area contributed by atoms with Crippen LogP contribution in [0.1, 0.15) is 22.0 Å². The lowest BCUT2D eigenvalue weighted by Gasteiger charge is -2.16. The van der Waals surface area contributed by atoms with Crippen molar-refractivity contribution in [1.82, 2.24) is 5.32 Å². The summed E-state index contributed by atoms with van der Waals surface area (Å²) in [5, 5.41) is 24.0. The Labute approximate surface area is 121 Å². The predicted molar refractivity (Wildman–Crippen MR) is 77.2 cm³/mol. The summed E-state index contributed by atoms with van der Waals surface area (Å²) in [6.07, 6.45) is 0. The van der Waals surface area contributed by atoms with Crippen LogP contribution in [0.3, 0.4) is 0 Å². The smallest absolute Gasteiger partial charge is 0.100 e. The molecule has 1 heterocycles. The van der Waals surface area contributed by atoms with Gasteiger partial charge in [0.25, 0.3) is 0 Å². The molecule has 0 amide bonds. The Bertz CT molecular complexity index is 574. The van der Waals surface area contributed by atoms with E-state index in [1.54, 1.807) is 12.1 Å². The fourth-order valence-corrected chi connectivity index (χ4v) is 2.63. The minimum Gasteiger partial charge on any atom is -0.394 e. The van der Waals surface area contributed by atoms with E-state index in [2.05, 4.69) is 11.4 Å². The number of nitriles is 1. The van der Waals surface area contributed by atoms with E-state index >= 15 is 0 Å². The number of hydrogen-bond donors (Lipinski definition) is 2. The SMILES string of the molecule is N#Cc1csc(CNC(CO)c2ccc(Cl)cc2)c1. The predicted octanol–water partition coefficient (Wildman–Crippen LogP) is 3.10. The van der Waals surface area contributed by atoms with Crippen LogP contribution in [-0.4, -0.2) is 11.7 Å². The van der Waals surface area contributed by atoms with Crippen LogP contribution in [0.15, 0.2) is 35.7 Å². The Morgan fingerprint density at radius 2 is 2.11 bits per heavy atom. The molecule has 0 fully saturated rings. The normalized spacial score (nSPS) is 12.1. The van der Waals surface area contributed by atoms with Crippen LogP contribution in [-0.2, 0) is 6.54 Å². The molecule has 1 aromatic heterocycles. The molecule has 3 nitrogen and oxygen atoms in total. The summed E-state index contributed by atoms with van der Waals surface area (Å²) in [7, 11) is 0. The molecule has 0 aliphatic heterocycles. The van der Waals surface area contributed by atoms with Crippen molar-refractivity contribution in [3.05, 3.63) is 56.7 Å². The van der Waals surface area contributed by atoms with Crippen LogP contribution < -0.4 is 5.32 Å². The monoisotopic (exact) mass is 292 g/mol. The van der Waals surface area contributed by atoms with Crippen molar-refractivity contribution in [1.29, 1.82) is 5.26 Å². The van der Waals surface area contributed by atoms with Crippen molar-refractivity contribution in [2.45, 2.75) is 12.6 Å². The summed E-state index contributed by atoms with van der Waals surface area (Å²) in [6.45, 7) is 0.637. The highest BCUT2D eigenvalue weighted by molar-refractivity contribution is 7.10. The minimum absolute atomic E-state index is 0.0120. The van der Waals surface area contributed by atoms with Gasteiger partial charge in [-0.1, -0.05) is 23.7 Å². The molecule has 0 saturated heterocycles. The number of aliphatic hydroxyl groups excluding tert-OH is 1. The van der Waals surface area contributed by atoms with Crippen LogP contribution in [0, 0.1) is 11.3 Å². The average molecular weight is 293 g/mol. The van der Waals surface area contributed by atoms with E-state index in [4.69, 9.17) is 16.9 Å². The van der Waals surface area contributed by atoms with E-state index < -0.39 is 0 Å². The third-order valence-corrected chi connectivity index (χ3v) is 3.95. The van der Waals surface area contributed by atoms with Gasteiger partial charge in [-0.25, -0.2) is 0 Å². The van der Waals surface area contributed by atoms with Crippen LogP contribution in [0.2, 0.25) is 5.02 Å². The third-order valence-electron chi connectivity index (χ3n) is 2.76. The zero-order valence-electron chi connectivity index (χ0n) is 10.1. The standard InChI is InChI=1S/C14H13ClN2OS/c15-12-3-1-11(2-4-12)14(8-18)17-7-13-5-10(6-16)9-19-13/h1-5,9,14,17-18H,7-8H2. The van der Waals surface area contributed by atoms with Crippen LogP contribution >= 0.6 is 22.9 Å². The number of thiophene rings is 1. The molecule has 0 spiro atoms. The second kappa shape index (κ2) is 6.69. The van der Waals surface area contributed by atoms with Crippen molar-refractivity contribution >= 4 is 22.9 Å². The van der Waals surface area contributed by atoms with E-state index in [9.17, 15) is 5.11 Å². The molecule has 5 heteroatoms. The molecule has 2 rings (SSSR count). The highest BCUT2D eigenvalue weighted by atomic mass is 35.5. The molecule has 1 unspecified atom stereocenters. The summed E-state index contributed by atoms with van der Waals surface area (Å²) >= 11 is 7.38. The summed E-state index contributed by atoms with van der Waals surface area (Å²) in [5.41, 5.74) is 1.66. The van der Waals surface area contributed by atoms with Gasteiger partial charge >= 0.3 is 0 Å². The van der Waals surface area contributed by atoms with Gasteiger partial charge in [-0.05, 0) is 23.8 Å². The fourth-order valence-electron chi connectivity index (χ4n) is 1.74. The first kappa shape index (κ1) is 14.0. The van der Waals surface area contributed by atoms with Crippen molar-refractivity contribution in [3.63, 3.8) is 0 Å². The number of nitrogens with zero attached hydrogens (tertiary/aromatic N) is 1. The van der Waals surface area contributed by atoms with Gasteiger partial charge < -0.3 is 10.4 Å². The highest BCUT2D eigenvalue weighted by Gasteiger charge is 2.10. The topological polar surface area (TPSA) is 56.0 Å². The first-order valence-electron chi connectivity index (χ1n) is 5.80. The van der Waals surface area contributed by atoms with E-state index in [1.807, 2.05) is 23.6 Å². The van der Waals surface area contributed by atoms with Gasteiger partial charge in [0.1, 0.15) is 6.07 Å². The number of nitrogens with one attached hydrogen (secondary N) is 1. The molecule has 0 bridgehead atoms. The Hall–Kier alpha value is -1.38. The molecule has 0 aliphatic rings. The van der Waals surface area contributed by atoms with E-state index in [0.717, 1.165) is 10.4 Å². The van der Waals surface area contributed by atoms with Crippen molar-refractivity contribution in [2.75, 3.05) is 6.61 Å². The van der Waals surface area contributed by atoms with Gasteiger partial charge in [0.15, 0.2) is 0 Å². The molecule has 98 valence electrons. The van der Waals surface area contributed by atoms with E-state index in [-0.39, 0.29) is 12.6 Å². The van der Waals surface area contributed by atoms with Crippen LogP contribution in [0.5, 0.6) is 0 Å². The lowest BCUT2D eigenvalue weighted by atomic mass is 10.1. The number of aliphatic hydroxyl groups is 1. The Kier molecular flexibility index (Phi) is 4.94. The molecule has 1 atom stereocenters. The third kappa shape index (κ3) is 3.79. The van der Waals surface area contributed by atoms with Gasteiger partial charge in [-0.3, -0.25) is 0 Å². The lowest BCUT2D eigenvalue weighted by molar-refractivity contribution is 0.244. The molecule has 2 N–H and O–H groups in total. The molecule has 0 aliphatic carbocycles. The maximum absolute atomic E-state index is 9.43. The van der Waals surface area contributed by atoms with Gasteiger partial charge in [0.05, 0.1) is 18.2 Å². The Balaban J connectivity index is 1.99. The molecule has 2 aromatic rings. The maximum Gasteiger partial charge on any atom is 0.100 e. The first-order chi connectivity index (χ1) is 9.22. The quantitative estimate of drug-likeness (QED) is 0.890. The fraction of sp³-hybridized carbons (Fsp3) is 0.214. The highest BCUT2D eigenvalue weighted by Crippen LogP contribution is 2.18. The van der Waals surface area contributed by atoms with E-state index in [1.165, 1.54) is 11.3 Å². The molecule has 1 aromatic carbocycles. The minimum atomic E-state index is -0.134. The number of halogens is 1. The van der Waals surface area contributed by atoms with Crippen molar-refractivity contribution < 1.29 is 5.11 Å². The maximum atomic E-state index is 9.43. The largest absolute Gasteiger partial charge is 0.394 e. The second-order valence-corrected chi connectivity index (χ2v) is 5.51. The molecule has 0 saturated carbocycles. The number of hydrogen-bond acceptors (Lipinski definition) is 4. The summed E-state index contributed by atoms with van der Waals surface area (Å²) in [6, 6.07) is 11.2. The van der Waals surface area contributed by atoms with Gasteiger partial charge in [-0.2, -0.15) is 5.26 Å². The van der Waals surface area contributed by atoms with Gasteiger partial charge in [-0.15, -0.1) is 11.3 Å². The number of benzene rings is 1. The lowest BCUT2D eigenvalue weighted by Crippen LogP contribution is -2.23. The van der Waals surface area contributed by atoms with Crippen molar-refractivity contribution in [3.8, 4) is 6.07 Å². The Morgan fingerprint density at radius 3 is 2.68 bits per heavy atom. The van der Waals surface area contributed by atoms with Crippen molar-refractivity contribution in [2.24, 2.45) is 0 Å². The zero-order chi connectivity index (χ0) is 13.7. The van der Waals surface area contributed by atoms with E-state index in [0.29, 0.717) is 17.1 Å². The first-order valence-corrected chi connectivity index (χ1v) is 7.06. The van der Waals surface area contributed by atoms with Crippen LogP contribution in [0.25, 0.3) is 0 Å². The summed E-state index contributed by atoms with van der Waals surface area (Å²) in [5.74, 6) is 0. The average Bonchev–Trinajstić information content (AvgIpc) is 2.89. The number of rotatable bonds is 5.